The van der Waals surface area contributed by atoms with Gasteiger partial charge in [0, 0.05) is 64.7 Å². The first kappa shape index (κ1) is 24.0. The van der Waals surface area contributed by atoms with E-state index in [1.54, 1.807) is 4.90 Å². The highest BCUT2D eigenvalue weighted by atomic mass is 19.4. The van der Waals surface area contributed by atoms with Crippen LogP contribution in [-0.4, -0.2) is 81.9 Å². The average Bonchev–Trinajstić information content (AvgIpc) is 3.32. The number of halogens is 3. The summed E-state index contributed by atoms with van der Waals surface area (Å²) in [5.41, 5.74) is 2.28. The number of carboxylic acid groups (broad SMARTS) is 1. The van der Waals surface area contributed by atoms with Gasteiger partial charge in [0.2, 0.25) is 5.91 Å². The number of aryl methyl sites for hydroxylation is 1. The molecular weight excluding hydrogens is 429 g/mol. The number of likely N-dealkylation sites (tertiary alicyclic amines) is 1. The van der Waals surface area contributed by atoms with Gasteiger partial charge >= 0.3 is 12.1 Å². The molecule has 0 bridgehead atoms. The highest BCUT2D eigenvalue weighted by Gasteiger charge is 2.42. The first-order valence-electron chi connectivity index (χ1n) is 10.2. The van der Waals surface area contributed by atoms with E-state index >= 15 is 0 Å². The molecule has 2 aliphatic heterocycles. The minimum absolute atomic E-state index is 0.0162. The maximum Gasteiger partial charge on any atom is 0.490 e. The topological polar surface area (TPSA) is 87.9 Å². The SMILES string of the molecule is CN(C)C(=O)[C@H]1C[C@H]2OCC[C@H]2N(Cc2cn(C)c3ncccc23)C1.O=C(O)C(F)(F)F. The summed E-state index contributed by atoms with van der Waals surface area (Å²) in [5.74, 6) is -2.53. The monoisotopic (exact) mass is 456 g/mol. The number of nitrogens with zero attached hydrogens (tertiary/aromatic N) is 4. The Balaban J connectivity index is 0.000000360. The van der Waals surface area contributed by atoms with E-state index in [9.17, 15) is 18.0 Å². The second-order valence-corrected chi connectivity index (χ2v) is 8.30. The van der Waals surface area contributed by atoms with E-state index in [-0.39, 0.29) is 17.9 Å². The van der Waals surface area contributed by atoms with Crippen molar-refractivity contribution in [3.05, 3.63) is 30.1 Å². The molecule has 0 saturated carbocycles. The third-order valence-electron chi connectivity index (χ3n) is 5.84. The molecule has 176 valence electrons. The predicted molar refractivity (Wildman–Crippen MR) is 110 cm³/mol. The number of carboxylic acids is 1. The van der Waals surface area contributed by atoms with Gasteiger partial charge in [-0.25, -0.2) is 9.78 Å². The molecule has 0 unspecified atom stereocenters. The Labute approximate surface area is 183 Å². The third-order valence-corrected chi connectivity index (χ3v) is 5.84. The first-order chi connectivity index (χ1) is 15.0. The number of hydrogen-bond donors (Lipinski definition) is 1. The number of piperidine rings is 1. The predicted octanol–water partition coefficient (Wildman–Crippen LogP) is 2.27. The van der Waals surface area contributed by atoms with Crippen LogP contribution in [0.3, 0.4) is 0 Å². The van der Waals surface area contributed by atoms with Crippen molar-refractivity contribution in [3.63, 3.8) is 0 Å². The van der Waals surface area contributed by atoms with E-state index in [1.807, 2.05) is 33.4 Å². The molecule has 1 N–H and O–H groups in total. The molecule has 4 heterocycles. The summed E-state index contributed by atoms with van der Waals surface area (Å²) >= 11 is 0. The van der Waals surface area contributed by atoms with E-state index in [4.69, 9.17) is 14.6 Å². The van der Waals surface area contributed by atoms with Crippen molar-refractivity contribution in [2.24, 2.45) is 13.0 Å². The number of aliphatic carboxylic acids is 1. The molecule has 2 aromatic heterocycles. The fraction of sp³-hybridized carbons (Fsp3) is 0.571. The zero-order chi connectivity index (χ0) is 23.6. The zero-order valence-corrected chi connectivity index (χ0v) is 18.2. The summed E-state index contributed by atoms with van der Waals surface area (Å²) in [6.45, 7) is 2.44. The van der Waals surface area contributed by atoms with Gasteiger partial charge in [0.1, 0.15) is 5.65 Å². The molecule has 3 atom stereocenters. The summed E-state index contributed by atoms with van der Waals surface area (Å²) < 4.78 is 39.8. The normalized spacial score (nSPS) is 23.4. The van der Waals surface area contributed by atoms with Crippen molar-refractivity contribution < 1.29 is 32.6 Å². The molecule has 32 heavy (non-hydrogen) atoms. The van der Waals surface area contributed by atoms with Crippen molar-refractivity contribution in [1.82, 2.24) is 19.4 Å². The van der Waals surface area contributed by atoms with Gasteiger partial charge in [0.25, 0.3) is 0 Å². The molecule has 2 saturated heterocycles. The van der Waals surface area contributed by atoms with Crippen LogP contribution < -0.4 is 0 Å². The number of hydrogen-bond acceptors (Lipinski definition) is 5. The largest absolute Gasteiger partial charge is 0.490 e. The number of rotatable bonds is 3. The van der Waals surface area contributed by atoms with Gasteiger partial charge in [-0.2, -0.15) is 13.2 Å². The van der Waals surface area contributed by atoms with Crippen LogP contribution in [-0.2, 0) is 27.9 Å². The van der Waals surface area contributed by atoms with Crippen molar-refractivity contribution in [1.29, 1.82) is 0 Å². The standard InChI is InChI=1S/C19H26N4O2.C2HF3O2/c1-21(2)19(24)13-9-17-16(6-8-25-17)23(11-13)12-14-10-22(3)18-15(14)5-4-7-20-18;3-2(4,5)1(6)7/h4-5,7,10,13,16-17H,6,8-9,11-12H2,1-3H3;(H,6,7)/t13-,16+,17+;/m0./s1. The Bertz CT molecular complexity index is 976. The van der Waals surface area contributed by atoms with Crippen LogP contribution in [0.25, 0.3) is 11.0 Å². The molecule has 8 nitrogen and oxygen atoms in total. The fourth-order valence-electron chi connectivity index (χ4n) is 4.42. The maximum atomic E-state index is 12.5. The van der Waals surface area contributed by atoms with Crippen LogP contribution in [0, 0.1) is 5.92 Å². The van der Waals surface area contributed by atoms with Crippen LogP contribution >= 0.6 is 0 Å². The van der Waals surface area contributed by atoms with Crippen molar-refractivity contribution in [2.75, 3.05) is 27.2 Å². The molecule has 0 aromatic carbocycles. The van der Waals surface area contributed by atoms with Gasteiger partial charge in [-0.3, -0.25) is 9.69 Å². The number of pyridine rings is 1. The van der Waals surface area contributed by atoms with E-state index in [0.29, 0.717) is 6.04 Å². The molecule has 1 amide bonds. The van der Waals surface area contributed by atoms with Crippen molar-refractivity contribution >= 4 is 22.9 Å². The minimum Gasteiger partial charge on any atom is -0.475 e. The lowest BCUT2D eigenvalue weighted by Gasteiger charge is -2.40. The van der Waals surface area contributed by atoms with Crippen LogP contribution in [0.15, 0.2) is 24.5 Å². The Morgan fingerprint density at radius 2 is 2.03 bits per heavy atom. The zero-order valence-electron chi connectivity index (χ0n) is 18.2. The smallest absolute Gasteiger partial charge is 0.475 e. The van der Waals surface area contributed by atoms with E-state index in [0.717, 1.165) is 38.2 Å². The fourth-order valence-corrected chi connectivity index (χ4v) is 4.42. The van der Waals surface area contributed by atoms with Gasteiger partial charge < -0.3 is 19.3 Å². The highest BCUT2D eigenvalue weighted by molar-refractivity contribution is 5.80. The second-order valence-electron chi connectivity index (χ2n) is 8.30. The highest BCUT2D eigenvalue weighted by Crippen LogP contribution is 2.34. The lowest BCUT2D eigenvalue weighted by molar-refractivity contribution is -0.192. The molecule has 2 aromatic rings. The van der Waals surface area contributed by atoms with E-state index in [1.165, 1.54) is 10.9 Å². The lowest BCUT2D eigenvalue weighted by atomic mass is 9.89. The first-order valence-corrected chi connectivity index (χ1v) is 10.2. The maximum absolute atomic E-state index is 12.5. The Morgan fingerprint density at radius 1 is 1.34 bits per heavy atom. The molecular formula is C21H27F3N4O4. The Morgan fingerprint density at radius 3 is 2.66 bits per heavy atom. The lowest BCUT2D eigenvalue weighted by Crippen LogP contribution is -2.52. The van der Waals surface area contributed by atoms with Gasteiger partial charge in [-0.05, 0) is 30.5 Å². The molecule has 0 aliphatic carbocycles. The number of alkyl halides is 3. The number of fused-ring (bicyclic) bond motifs is 2. The summed E-state index contributed by atoms with van der Waals surface area (Å²) in [6.07, 6.45) is 0.987. The number of carbonyl (C=O) groups excluding carboxylic acids is 1. The summed E-state index contributed by atoms with van der Waals surface area (Å²) in [5, 5.41) is 8.32. The number of carbonyl (C=O) groups is 2. The van der Waals surface area contributed by atoms with Crippen molar-refractivity contribution in [3.8, 4) is 0 Å². The van der Waals surface area contributed by atoms with Crippen LogP contribution in [0.5, 0.6) is 0 Å². The summed E-state index contributed by atoms with van der Waals surface area (Å²) in [7, 11) is 5.71. The van der Waals surface area contributed by atoms with E-state index < -0.39 is 12.1 Å². The minimum atomic E-state index is -5.08. The van der Waals surface area contributed by atoms with E-state index in [2.05, 4.69) is 26.7 Å². The van der Waals surface area contributed by atoms with Crippen LogP contribution in [0.4, 0.5) is 13.2 Å². The van der Waals surface area contributed by atoms with Gasteiger partial charge in [0.15, 0.2) is 0 Å². The van der Waals surface area contributed by atoms with Gasteiger partial charge in [-0.1, -0.05) is 0 Å². The molecule has 2 fully saturated rings. The quantitative estimate of drug-likeness (QED) is 0.763. The summed E-state index contributed by atoms with van der Waals surface area (Å²) in [6, 6.07) is 4.53. The van der Waals surface area contributed by atoms with Crippen LogP contribution in [0.2, 0.25) is 0 Å². The molecule has 4 rings (SSSR count). The van der Waals surface area contributed by atoms with Gasteiger partial charge in [-0.15, -0.1) is 0 Å². The Kier molecular flexibility index (Phi) is 7.09. The number of aromatic nitrogens is 2. The Hall–Kier alpha value is -2.66. The third kappa shape index (κ3) is 5.21. The second kappa shape index (κ2) is 9.45. The average molecular weight is 456 g/mol. The van der Waals surface area contributed by atoms with Gasteiger partial charge in [0.05, 0.1) is 12.0 Å². The summed E-state index contributed by atoms with van der Waals surface area (Å²) in [4.78, 5) is 30.1. The van der Waals surface area contributed by atoms with Crippen molar-refractivity contribution in [2.45, 2.75) is 37.7 Å². The molecule has 11 heteroatoms. The molecule has 2 aliphatic rings. The number of amides is 1. The van der Waals surface area contributed by atoms with Crippen LogP contribution in [0.1, 0.15) is 18.4 Å². The molecule has 0 spiro atoms. The number of ether oxygens (including phenoxy) is 1. The molecule has 0 radical (unpaired) electrons.